The van der Waals surface area contributed by atoms with Gasteiger partial charge in [0, 0.05) is 19.6 Å². The van der Waals surface area contributed by atoms with Crippen molar-refractivity contribution in [3.63, 3.8) is 0 Å². The molecule has 0 spiro atoms. The van der Waals surface area contributed by atoms with E-state index in [0.717, 1.165) is 0 Å². The minimum Gasteiger partial charge on any atom is -0.340 e. The SMILES string of the molecule is Cc1ccc(CN(C)C(=O)CNC2CC2)cc1. The third-order valence-electron chi connectivity index (χ3n) is 3.09. The topological polar surface area (TPSA) is 32.3 Å². The molecule has 0 aromatic heterocycles. The van der Waals surface area contributed by atoms with Gasteiger partial charge in [-0.15, -0.1) is 0 Å². The molecule has 17 heavy (non-hydrogen) atoms. The van der Waals surface area contributed by atoms with Gasteiger partial charge in [0.25, 0.3) is 0 Å². The summed E-state index contributed by atoms with van der Waals surface area (Å²) in [4.78, 5) is 13.6. The van der Waals surface area contributed by atoms with Crippen LogP contribution in [0.15, 0.2) is 24.3 Å². The molecule has 0 aliphatic heterocycles. The molecule has 0 radical (unpaired) electrons. The van der Waals surface area contributed by atoms with E-state index in [1.54, 1.807) is 4.90 Å². The molecule has 1 aliphatic rings. The van der Waals surface area contributed by atoms with Crippen molar-refractivity contribution in [1.29, 1.82) is 0 Å². The van der Waals surface area contributed by atoms with Gasteiger partial charge >= 0.3 is 0 Å². The van der Waals surface area contributed by atoms with Gasteiger partial charge in [-0.25, -0.2) is 0 Å². The molecule has 1 N–H and O–H groups in total. The van der Waals surface area contributed by atoms with Gasteiger partial charge < -0.3 is 10.2 Å². The molecule has 0 unspecified atom stereocenters. The fourth-order valence-corrected chi connectivity index (χ4v) is 1.71. The van der Waals surface area contributed by atoms with E-state index in [1.807, 2.05) is 7.05 Å². The molecule has 0 heterocycles. The van der Waals surface area contributed by atoms with Gasteiger partial charge in [-0.2, -0.15) is 0 Å². The molecule has 1 aromatic rings. The first-order valence-electron chi connectivity index (χ1n) is 6.18. The Bertz CT molecular complexity index is 382. The zero-order valence-corrected chi connectivity index (χ0v) is 10.6. The quantitative estimate of drug-likeness (QED) is 0.838. The summed E-state index contributed by atoms with van der Waals surface area (Å²) >= 11 is 0. The van der Waals surface area contributed by atoms with Crippen molar-refractivity contribution in [3.8, 4) is 0 Å². The highest BCUT2D eigenvalue weighted by atomic mass is 16.2. The standard InChI is InChI=1S/C14H20N2O/c1-11-3-5-12(6-4-11)10-16(2)14(17)9-15-13-7-8-13/h3-6,13,15H,7-10H2,1-2H3. The lowest BCUT2D eigenvalue weighted by molar-refractivity contribution is -0.129. The number of carbonyl (C=O) groups is 1. The van der Waals surface area contributed by atoms with Gasteiger partial charge in [0.15, 0.2) is 0 Å². The predicted molar refractivity (Wildman–Crippen MR) is 68.7 cm³/mol. The average Bonchev–Trinajstić information content (AvgIpc) is 3.13. The van der Waals surface area contributed by atoms with Crippen LogP contribution in [0.1, 0.15) is 24.0 Å². The molecule has 3 nitrogen and oxygen atoms in total. The average molecular weight is 232 g/mol. The lowest BCUT2D eigenvalue weighted by Gasteiger charge is -2.17. The van der Waals surface area contributed by atoms with Crippen molar-refractivity contribution in [3.05, 3.63) is 35.4 Å². The van der Waals surface area contributed by atoms with Crippen molar-refractivity contribution in [1.82, 2.24) is 10.2 Å². The molecule has 1 fully saturated rings. The fourth-order valence-electron chi connectivity index (χ4n) is 1.71. The molecule has 0 saturated heterocycles. The highest BCUT2D eigenvalue weighted by Gasteiger charge is 2.21. The fraction of sp³-hybridized carbons (Fsp3) is 0.500. The summed E-state index contributed by atoms with van der Waals surface area (Å²) in [7, 11) is 1.86. The Morgan fingerprint density at radius 2 is 2.00 bits per heavy atom. The molecule has 1 amide bonds. The van der Waals surface area contributed by atoms with Gasteiger partial charge in [0.05, 0.1) is 6.54 Å². The Kier molecular flexibility index (Phi) is 3.79. The summed E-state index contributed by atoms with van der Waals surface area (Å²) in [6.45, 7) is 3.22. The molecule has 92 valence electrons. The lowest BCUT2D eigenvalue weighted by Crippen LogP contribution is -2.35. The maximum atomic E-state index is 11.8. The molecule has 2 rings (SSSR count). The van der Waals surface area contributed by atoms with Crippen LogP contribution in [-0.4, -0.2) is 30.4 Å². The Hall–Kier alpha value is -1.35. The molecular formula is C14H20N2O. The summed E-state index contributed by atoms with van der Waals surface area (Å²) < 4.78 is 0. The normalized spacial score (nSPS) is 14.7. The number of likely N-dealkylation sites (N-methyl/N-ethyl adjacent to an activating group) is 1. The highest BCUT2D eigenvalue weighted by molar-refractivity contribution is 5.78. The Balaban J connectivity index is 1.80. The number of amides is 1. The van der Waals surface area contributed by atoms with Crippen molar-refractivity contribution < 1.29 is 4.79 Å². The van der Waals surface area contributed by atoms with Crippen LogP contribution >= 0.6 is 0 Å². The van der Waals surface area contributed by atoms with Crippen LogP contribution in [0.3, 0.4) is 0 Å². The van der Waals surface area contributed by atoms with E-state index >= 15 is 0 Å². The number of hydrogen-bond acceptors (Lipinski definition) is 2. The second-order valence-corrected chi connectivity index (χ2v) is 4.89. The maximum Gasteiger partial charge on any atom is 0.236 e. The number of nitrogens with one attached hydrogen (secondary N) is 1. The molecule has 0 atom stereocenters. The highest BCUT2D eigenvalue weighted by Crippen LogP contribution is 2.18. The van der Waals surface area contributed by atoms with Gasteiger partial charge in [-0.1, -0.05) is 29.8 Å². The Morgan fingerprint density at radius 1 is 1.35 bits per heavy atom. The van der Waals surface area contributed by atoms with E-state index in [4.69, 9.17) is 0 Å². The largest absolute Gasteiger partial charge is 0.340 e. The van der Waals surface area contributed by atoms with Gasteiger partial charge in [-0.05, 0) is 25.3 Å². The number of rotatable bonds is 5. The zero-order chi connectivity index (χ0) is 12.3. The van der Waals surface area contributed by atoms with Crippen LogP contribution in [0.25, 0.3) is 0 Å². The minimum atomic E-state index is 0.164. The van der Waals surface area contributed by atoms with Crippen molar-refractivity contribution in [2.45, 2.75) is 32.4 Å². The van der Waals surface area contributed by atoms with Crippen molar-refractivity contribution in [2.24, 2.45) is 0 Å². The number of nitrogens with zero attached hydrogens (tertiary/aromatic N) is 1. The van der Waals surface area contributed by atoms with Crippen molar-refractivity contribution in [2.75, 3.05) is 13.6 Å². The maximum absolute atomic E-state index is 11.8. The van der Waals surface area contributed by atoms with E-state index in [2.05, 4.69) is 36.5 Å². The number of carbonyl (C=O) groups excluding carboxylic acids is 1. The van der Waals surface area contributed by atoms with E-state index in [0.29, 0.717) is 19.1 Å². The van der Waals surface area contributed by atoms with Crippen LogP contribution in [0.2, 0.25) is 0 Å². The van der Waals surface area contributed by atoms with Crippen LogP contribution in [-0.2, 0) is 11.3 Å². The van der Waals surface area contributed by atoms with Crippen molar-refractivity contribution >= 4 is 5.91 Å². The van der Waals surface area contributed by atoms with Crippen LogP contribution in [0.4, 0.5) is 0 Å². The van der Waals surface area contributed by atoms with E-state index in [9.17, 15) is 4.79 Å². The Labute approximate surface area is 103 Å². The third-order valence-corrected chi connectivity index (χ3v) is 3.09. The molecule has 1 saturated carbocycles. The van der Waals surface area contributed by atoms with E-state index in [1.165, 1.54) is 24.0 Å². The molecule has 1 aromatic carbocycles. The second-order valence-electron chi connectivity index (χ2n) is 4.89. The number of hydrogen-bond donors (Lipinski definition) is 1. The van der Waals surface area contributed by atoms with Gasteiger partial charge in [-0.3, -0.25) is 4.79 Å². The molecule has 0 bridgehead atoms. The lowest BCUT2D eigenvalue weighted by atomic mass is 10.1. The van der Waals surface area contributed by atoms with E-state index < -0.39 is 0 Å². The number of benzene rings is 1. The first-order chi connectivity index (χ1) is 8.15. The summed E-state index contributed by atoms with van der Waals surface area (Å²) in [5.41, 5.74) is 2.43. The zero-order valence-electron chi connectivity index (χ0n) is 10.6. The van der Waals surface area contributed by atoms with Crippen LogP contribution < -0.4 is 5.32 Å². The first kappa shape index (κ1) is 12.1. The Morgan fingerprint density at radius 3 is 2.59 bits per heavy atom. The molecule has 3 heteroatoms. The van der Waals surface area contributed by atoms with Gasteiger partial charge in [0.2, 0.25) is 5.91 Å². The summed E-state index contributed by atoms with van der Waals surface area (Å²) in [5, 5.41) is 3.24. The van der Waals surface area contributed by atoms with Gasteiger partial charge in [0.1, 0.15) is 0 Å². The summed E-state index contributed by atoms with van der Waals surface area (Å²) in [5.74, 6) is 0.164. The predicted octanol–water partition coefficient (Wildman–Crippen LogP) is 1.71. The number of aryl methyl sites for hydroxylation is 1. The molecular weight excluding hydrogens is 212 g/mol. The minimum absolute atomic E-state index is 0.164. The first-order valence-corrected chi connectivity index (χ1v) is 6.18. The summed E-state index contributed by atoms with van der Waals surface area (Å²) in [6, 6.07) is 8.90. The second kappa shape index (κ2) is 5.32. The van der Waals surface area contributed by atoms with Crippen LogP contribution in [0, 0.1) is 6.92 Å². The third kappa shape index (κ3) is 3.86. The van der Waals surface area contributed by atoms with Crippen LogP contribution in [0.5, 0.6) is 0 Å². The van der Waals surface area contributed by atoms with E-state index in [-0.39, 0.29) is 5.91 Å². The smallest absolute Gasteiger partial charge is 0.236 e. The molecule has 1 aliphatic carbocycles. The summed E-state index contributed by atoms with van der Waals surface area (Å²) in [6.07, 6.45) is 2.43. The monoisotopic (exact) mass is 232 g/mol.